The van der Waals surface area contributed by atoms with Crippen molar-refractivity contribution in [3.8, 4) is 0 Å². The third-order valence-corrected chi connectivity index (χ3v) is 3.17. The molecule has 3 rings (SSSR count). The second-order valence-corrected chi connectivity index (χ2v) is 4.62. The van der Waals surface area contributed by atoms with Gasteiger partial charge >= 0.3 is 0 Å². The standard InChI is InChI=1S/C17H15NO2/c19-17(13-6-2-1-3-7-13)18-11-10-15-12-14-8-4-5-9-16(14)20-15/h1-9,12H,10-11H2,(H,18,19). The molecule has 0 bridgehead atoms. The average Bonchev–Trinajstić information content (AvgIpc) is 2.90. The summed E-state index contributed by atoms with van der Waals surface area (Å²) in [6, 6.07) is 19.1. The van der Waals surface area contributed by atoms with Gasteiger partial charge in [0.05, 0.1) is 0 Å². The number of amides is 1. The van der Waals surface area contributed by atoms with Crippen LogP contribution in [0.5, 0.6) is 0 Å². The van der Waals surface area contributed by atoms with Crippen molar-refractivity contribution in [3.63, 3.8) is 0 Å². The van der Waals surface area contributed by atoms with Gasteiger partial charge in [0.15, 0.2) is 0 Å². The zero-order valence-corrected chi connectivity index (χ0v) is 11.0. The van der Waals surface area contributed by atoms with E-state index < -0.39 is 0 Å². The molecule has 0 atom stereocenters. The van der Waals surface area contributed by atoms with E-state index in [9.17, 15) is 4.79 Å². The van der Waals surface area contributed by atoms with Crippen LogP contribution in [0.3, 0.4) is 0 Å². The van der Waals surface area contributed by atoms with Crippen LogP contribution in [0.15, 0.2) is 65.1 Å². The number of carbonyl (C=O) groups excluding carboxylic acids is 1. The summed E-state index contributed by atoms with van der Waals surface area (Å²) < 4.78 is 5.70. The molecule has 0 saturated carbocycles. The molecule has 0 unspecified atom stereocenters. The van der Waals surface area contributed by atoms with E-state index in [0.717, 1.165) is 16.7 Å². The Hall–Kier alpha value is -2.55. The Morgan fingerprint density at radius 2 is 1.75 bits per heavy atom. The Labute approximate surface area is 117 Å². The molecule has 1 aromatic heterocycles. The van der Waals surface area contributed by atoms with Crippen LogP contribution in [0, 0.1) is 0 Å². The summed E-state index contributed by atoms with van der Waals surface area (Å²) in [6.45, 7) is 0.563. The minimum Gasteiger partial charge on any atom is -0.461 e. The first-order chi connectivity index (χ1) is 9.83. The van der Waals surface area contributed by atoms with Gasteiger partial charge in [-0.15, -0.1) is 0 Å². The van der Waals surface area contributed by atoms with Crippen LogP contribution >= 0.6 is 0 Å². The summed E-state index contributed by atoms with van der Waals surface area (Å²) in [5.41, 5.74) is 1.56. The monoisotopic (exact) mass is 265 g/mol. The fourth-order valence-corrected chi connectivity index (χ4v) is 2.15. The number of furan rings is 1. The van der Waals surface area contributed by atoms with E-state index in [4.69, 9.17) is 4.42 Å². The van der Waals surface area contributed by atoms with E-state index in [-0.39, 0.29) is 5.91 Å². The van der Waals surface area contributed by atoms with Crippen molar-refractivity contribution in [3.05, 3.63) is 72.0 Å². The van der Waals surface area contributed by atoms with Crippen molar-refractivity contribution in [2.45, 2.75) is 6.42 Å². The van der Waals surface area contributed by atoms with Crippen LogP contribution in [0.4, 0.5) is 0 Å². The molecule has 0 spiro atoms. The predicted octanol–water partition coefficient (Wildman–Crippen LogP) is 3.41. The van der Waals surface area contributed by atoms with Crippen molar-refractivity contribution < 1.29 is 9.21 Å². The number of fused-ring (bicyclic) bond motifs is 1. The smallest absolute Gasteiger partial charge is 0.251 e. The van der Waals surface area contributed by atoms with Crippen molar-refractivity contribution in [2.75, 3.05) is 6.54 Å². The highest BCUT2D eigenvalue weighted by atomic mass is 16.3. The zero-order chi connectivity index (χ0) is 13.8. The van der Waals surface area contributed by atoms with Crippen LogP contribution < -0.4 is 5.32 Å². The maximum Gasteiger partial charge on any atom is 0.251 e. The summed E-state index contributed by atoms with van der Waals surface area (Å²) in [5.74, 6) is 0.835. The summed E-state index contributed by atoms with van der Waals surface area (Å²) in [6.07, 6.45) is 0.688. The van der Waals surface area contributed by atoms with Crippen molar-refractivity contribution in [1.82, 2.24) is 5.32 Å². The Morgan fingerprint density at radius 1 is 1.00 bits per heavy atom. The number of nitrogens with one attached hydrogen (secondary N) is 1. The molecule has 0 saturated heterocycles. The first-order valence-corrected chi connectivity index (χ1v) is 6.63. The van der Waals surface area contributed by atoms with E-state index in [1.807, 2.05) is 48.5 Å². The number of carbonyl (C=O) groups is 1. The molecular weight excluding hydrogens is 250 g/mol. The highest BCUT2D eigenvalue weighted by Crippen LogP contribution is 2.18. The van der Waals surface area contributed by atoms with Crippen molar-refractivity contribution >= 4 is 16.9 Å². The predicted molar refractivity (Wildman–Crippen MR) is 78.7 cm³/mol. The third kappa shape index (κ3) is 2.72. The molecule has 3 aromatic rings. The number of benzene rings is 2. The van der Waals surface area contributed by atoms with Crippen LogP contribution in [-0.4, -0.2) is 12.5 Å². The van der Waals surface area contributed by atoms with Gasteiger partial charge < -0.3 is 9.73 Å². The zero-order valence-electron chi connectivity index (χ0n) is 11.0. The quantitative estimate of drug-likeness (QED) is 0.785. The molecule has 0 fully saturated rings. The van der Waals surface area contributed by atoms with Gasteiger partial charge in [0.25, 0.3) is 5.91 Å². The lowest BCUT2D eigenvalue weighted by Crippen LogP contribution is -2.25. The number of para-hydroxylation sites is 1. The average molecular weight is 265 g/mol. The van der Waals surface area contributed by atoms with E-state index in [1.54, 1.807) is 12.1 Å². The lowest BCUT2D eigenvalue weighted by molar-refractivity contribution is 0.0954. The van der Waals surface area contributed by atoms with Crippen LogP contribution in [0.1, 0.15) is 16.1 Å². The summed E-state index contributed by atoms with van der Waals surface area (Å²) >= 11 is 0. The molecule has 0 aliphatic heterocycles. The molecule has 20 heavy (non-hydrogen) atoms. The van der Waals surface area contributed by atoms with E-state index in [0.29, 0.717) is 18.5 Å². The van der Waals surface area contributed by atoms with E-state index in [1.165, 1.54) is 0 Å². The van der Waals surface area contributed by atoms with Crippen molar-refractivity contribution in [2.24, 2.45) is 0 Å². The molecule has 2 aromatic carbocycles. The van der Waals surface area contributed by atoms with Gasteiger partial charge in [0.2, 0.25) is 0 Å². The summed E-state index contributed by atoms with van der Waals surface area (Å²) in [4.78, 5) is 11.9. The first kappa shape index (κ1) is 12.5. The third-order valence-electron chi connectivity index (χ3n) is 3.17. The highest BCUT2D eigenvalue weighted by Gasteiger charge is 2.06. The van der Waals surface area contributed by atoms with Gasteiger partial charge in [-0.25, -0.2) is 0 Å². The molecular formula is C17H15NO2. The maximum atomic E-state index is 11.9. The molecule has 1 heterocycles. The molecule has 0 radical (unpaired) electrons. The second kappa shape index (κ2) is 5.61. The van der Waals surface area contributed by atoms with Crippen LogP contribution in [0.2, 0.25) is 0 Å². The highest BCUT2D eigenvalue weighted by molar-refractivity contribution is 5.94. The van der Waals surface area contributed by atoms with Gasteiger partial charge in [0.1, 0.15) is 11.3 Å². The maximum absolute atomic E-state index is 11.9. The van der Waals surface area contributed by atoms with Gasteiger partial charge in [0, 0.05) is 23.9 Å². The topological polar surface area (TPSA) is 42.2 Å². The SMILES string of the molecule is O=C(NCCc1cc2ccccc2o1)c1ccccc1. The van der Waals surface area contributed by atoms with Gasteiger partial charge in [-0.3, -0.25) is 4.79 Å². The van der Waals surface area contributed by atoms with Crippen LogP contribution in [-0.2, 0) is 6.42 Å². The fraction of sp³-hybridized carbons (Fsp3) is 0.118. The van der Waals surface area contributed by atoms with Crippen molar-refractivity contribution in [1.29, 1.82) is 0 Å². The fourth-order valence-electron chi connectivity index (χ4n) is 2.15. The Kier molecular flexibility index (Phi) is 3.50. The Bertz CT molecular complexity index is 683. The minimum absolute atomic E-state index is 0.0540. The van der Waals surface area contributed by atoms with E-state index in [2.05, 4.69) is 5.32 Å². The lowest BCUT2D eigenvalue weighted by Gasteiger charge is -2.03. The molecule has 3 heteroatoms. The molecule has 1 N–H and O–H groups in total. The van der Waals surface area contributed by atoms with E-state index >= 15 is 0 Å². The minimum atomic E-state index is -0.0540. The molecule has 100 valence electrons. The van der Waals surface area contributed by atoms with Gasteiger partial charge in [-0.2, -0.15) is 0 Å². The van der Waals surface area contributed by atoms with Gasteiger partial charge in [-0.1, -0.05) is 36.4 Å². The second-order valence-electron chi connectivity index (χ2n) is 4.62. The normalized spacial score (nSPS) is 10.6. The number of hydrogen-bond donors (Lipinski definition) is 1. The number of hydrogen-bond acceptors (Lipinski definition) is 2. The molecule has 0 aliphatic carbocycles. The molecule has 1 amide bonds. The Morgan fingerprint density at radius 3 is 2.55 bits per heavy atom. The summed E-state index contributed by atoms with van der Waals surface area (Å²) in [7, 11) is 0. The van der Waals surface area contributed by atoms with Gasteiger partial charge in [-0.05, 0) is 24.3 Å². The molecule has 3 nitrogen and oxygen atoms in total. The molecule has 0 aliphatic rings. The van der Waals surface area contributed by atoms with Crippen LogP contribution in [0.25, 0.3) is 11.0 Å². The number of rotatable bonds is 4. The lowest BCUT2D eigenvalue weighted by atomic mass is 10.2. The summed E-state index contributed by atoms with van der Waals surface area (Å²) in [5, 5.41) is 3.99. The largest absolute Gasteiger partial charge is 0.461 e. The first-order valence-electron chi connectivity index (χ1n) is 6.63. The Balaban J connectivity index is 1.58.